The van der Waals surface area contributed by atoms with Crippen molar-refractivity contribution in [3.05, 3.63) is 28.8 Å². The van der Waals surface area contributed by atoms with E-state index in [2.05, 4.69) is 5.32 Å². The van der Waals surface area contributed by atoms with E-state index in [-0.39, 0.29) is 11.8 Å². The van der Waals surface area contributed by atoms with Gasteiger partial charge in [0.15, 0.2) is 0 Å². The lowest BCUT2D eigenvalue weighted by Gasteiger charge is -2.16. The summed E-state index contributed by atoms with van der Waals surface area (Å²) in [4.78, 5) is 11.1. The Morgan fingerprint density at radius 3 is 2.94 bits per heavy atom. The quantitative estimate of drug-likeness (QED) is 0.864. The summed E-state index contributed by atoms with van der Waals surface area (Å²) >= 11 is 5.95. The second kappa shape index (κ2) is 4.94. The molecule has 0 aliphatic carbocycles. The van der Waals surface area contributed by atoms with Crippen molar-refractivity contribution in [2.24, 2.45) is 5.92 Å². The van der Waals surface area contributed by atoms with E-state index in [1.165, 1.54) is 0 Å². The van der Waals surface area contributed by atoms with Gasteiger partial charge in [-0.25, -0.2) is 0 Å². The lowest BCUT2D eigenvalue weighted by Crippen LogP contribution is -2.21. The minimum Gasteiger partial charge on any atom is -0.495 e. The third-order valence-electron chi connectivity index (χ3n) is 3.13. The van der Waals surface area contributed by atoms with Gasteiger partial charge in [0.25, 0.3) is 0 Å². The highest BCUT2D eigenvalue weighted by Gasteiger charge is 2.34. The van der Waals surface area contributed by atoms with Gasteiger partial charge in [0.1, 0.15) is 5.75 Å². The Kier molecular flexibility index (Phi) is 3.54. The lowest BCUT2D eigenvalue weighted by molar-refractivity contribution is -0.141. The summed E-state index contributed by atoms with van der Waals surface area (Å²) in [5.41, 5.74) is 0.948. The number of rotatable bonds is 3. The highest BCUT2D eigenvalue weighted by molar-refractivity contribution is 6.32. The maximum absolute atomic E-state index is 11.1. The first kappa shape index (κ1) is 12.2. The first-order valence-electron chi connectivity index (χ1n) is 5.40. The molecule has 0 spiro atoms. The van der Waals surface area contributed by atoms with E-state index in [4.69, 9.17) is 21.4 Å². The van der Waals surface area contributed by atoms with Crippen molar-refractivity contribution >= 4 is 17.6 Å². The fourth-order valence-corrected chi connectivity index (χ4v) is 2.39. The second-order valence-corrected chi connectivity index (χ2v) is 4.51. The van der Waals surface area contributed by atoms with Crippen LogP contribution in [0.1, 0.15) is 11.5 Å². The molecule has 0 amide bonds. The molecule has 17 heavy (non-hydrogen) atoms. The Hall–Kier alpha value is -1.26. The van der Waals surface area contributed by atoms with Crippen molar-refractivity contribution < 1.29 is 14.6 Å². The first-order chi connectivity index (χ1) is 8.13. The predicted molar refractivity (Wildman–Crippen MR) is 64.7 cm³/mol. The van der Waals surface area contributed by atoms with Crippen LogP contribution in [0.15, 0.2) is 18.2 Å². The van der Waals surface area contributed by atoms with E-state index in [0.29, 0.717) is 23.9 Å². The van der Waals surface area contributed by atoms with Crippen LogP contribution in [-0.4, -0.2) is 31.3 Å². The number of benzene rings is 1. The average molecular weight is 256 g/mol. The number of hydrogen-bond acceptors (Lipinski definition) is 3. The number of carboxylic acid groups (broad SMARTS) is 1. The minimum absolute atomic E-state index is 0.0290. The molecule has 2 atom stereocenters. The third kappa shape index (κ3) is 2.37. The summed E-state index contributed by atoms with van der Waals surface area (Å²) < 4.78 is 5.14. The van der Waals surface area contributed by atoms with Crippen LogP contribution in [0.4, 0.5) is 0 Å². The van der Waals surface area contributed by atoms with E-state index in [0.717, 1.165) is 5.56 Å². The topological polar surface area (TPSA) is 58.6 Å². The van der Waals surface area contributed by atoms with Gasteiger partial charge in [-0.2, -0.15) is 0 Å². The standard InChI is InChI=1S/C12H14ClNO3/c1-17-11-4-7(2-3-10(11)13)8-5-14-6-9(8)12(15)16/h2-4,8-9,14H,5-6H2,1H3,(H,15,16). The first-order valence-corrected chi connectivity index (χ1v) is 5.78. The Labute approximate surface area is 105 Å². The molecular formula is C12H14ClNO3. The fraction of sp³-hybridized carbons (Fsp3) is 0.417. The number of carbonyl (C=O) groups is 1. The van der Waals surface area contributed by atoms with Gasteiger partial charge < -0.3 is 15.2 Å². The molecule has 1 heterocycles. The lowest BCUT2D eigenvalue weighted by atomic mass is 9.89. The zero-order valence-corrected chi connectivity index (χ0v) is 10.2. The average Bonchev–Trinajstić information content (AvgIpc) is 2.78. The number of methoxy groups -OCH3 is 1. The van der Waals surface area contributed by atoms with Crippen LogP contribution in [0, 0.1) is 5.92 Å². The molecule has 1 fully saturated rings. The SMILES string of the molecule is COc1cc(C2CNCC2C(=O)O)ccc1Cl. The van der Waals surface area contributed by atoms with Crippen LogP contribution in [0.5, 0.6) is 5.75 Å². The van der Waals surface area contributed by atoms with E-state index in [1.54, 1.807) is 13.2 Å². The maximum atomic E-state index is 11.1. The van der Waals surface area contributed by atoms with Crippen LogP contribution < -0.4 is 10.1 Å². The van der Waals surface area contributed by atoms with E-state index in [9.17, 15) is 4.79 Å². The molecule has 4 nitrogen and oxygen atoms in total. The Bertz CT molecular complexity index is 436. The number of nitrogens with one attached hydrogen (secondary N) is 1. The summed E-state index contributed by atoms with van der Waals surface area (Å²) in [6, 6.07) is 5.42. The van der Waals surface area contributed by atoms with Gasteiger partial charge in [0.05, 0.1) is 18.1 Å². The molecule has 1 saturated heterocycles. The van der Waals surface area contributed by atoms with Crippen LogP contribution >= 0.6 is 11.6 Å². The summed E-state index contributed by atoms with van der Waals surface area (Å²) in [6.45, 7) is 1.17. The zero-order valence-electron chi connectivity index (χ0n) is 9.44. The molecule has 5 heteroatoms. The fourth-order valence-electron chi connectivity index (χ4n) is 2.20. The molecule has 2 unspecified atom stereocenters. The van der Waals surface area contributed by atoms with Crippen molar-refractivity contribution in [2.75, 3.05) is 20.2 Å². The molecule has 1 aliphatic heterocycles. The van der Waals surface area contributed by atoms with Crippen LogP contribution in [0.25, 0.3) is 0 Å². The van der Waals surface area contributed by atoms with Gasteiger partial charge in [0, 0.05) is 19.0 Å². The number of halogens is 1. The molecule has 2 rings (SSSR count). The molecule has 0 aromatic heterocycles. The number of carboxylic acids is 1. The maximum Gasteiger partial charge on any atom is 0.308 e. The normalized spacial score (nSPS) is 23.6. The van der Waals surface area contributed by atoms with E-state index >= 15 is 0 Å². The highest BCUT2D eigenvalue weighted by Crippen LogP contribution is 2.33. The van der Waals surface area contributed by atoms with Gasteiger partial charge in [0.2, 0.25) is 0 Å². The monoisotopic (exact) mass is 255 g/mol. The highest BCUT2D eigenvalue weighted by atomic mass is 35.5. The molecule has 1 aromatic rings. The van der Waals surface area contributed by atoms with E-state index in [1.807, 2.05) is 12.1 Å². The molecule has 92 valence electrons. The van der Waals surface area contributed by atoms with Crippen LogP contribution in [0.2, 0.25) is 5.02 Å². The largest absolute Gasteiger partial charge is 0.495 e. The predicted octanol–water partition coefficient (Wildman–Crippen LogP) is 1.74. The van der Waals surface area contributed by atoms with Crippen molar-refractivity contribution in [3.8, 4) is 5.75 Å². The molecule has 1 aliphatic rings. The summed E-state index contributed by atoms with van der Waals surface area (Å²) in [5, 5.41) is 12.8. The molecule has 0 saturated carbocycles. The number of hydrogen-bond donors (Lipinski definition) is 2. The molecule has 1 aromatic carbocycles. The Morgan fingerprint density at radius 1 is 1.53 bits per heavy atom. The van der Waals surface area contributed by atoms with Crippen molar-refractivity contribution in [2.45, 2.75) is 5.92 Å². The summed E-state index contributed by atoms with van der Waals surface area (Å²) in [5.74, 6) is -0.603. The Morgan fingerprint density at radius 2 is 2.29 bits per heavy atom. The third-order valence-corrected chi connectivity index (χ3v) is 3.45. The smallest absolute Gasteiger partial charge is 0.308 e. The minimum atomic E-state index is -0.770. The van der Waals surface area contributed by atoms with Crippen LogP contribution in [-0.2, 0) is 4.79 Å². The van der Waals surface area contributed by atoms with Gasteiger partial charge in [-0.1, -0.05) is 17.7 Å². The molecular weight excluding hydrogens is 242 g/mol. The number of ether oxygens (including phenoxy) is 1. The Balaban J connectivity index is 2.30. The van der Waals surface area contributed by atoms with Crippen molar-refractivity contribution in [1.29, 1.82) is 0 Å². The number of aliphatic carboxylic acids is 1. The van der Waals surface area contributed by atoms with Crippen LogP contribution in [0.3, 0.4) is 0 Å². The van der Waals surface area contributed by atoms with Crippen molar-refractivity contribution in [1.82, 2.24) is 5.32 Å². The van der Waals surface area contributed by atoms with E-state index < -0.39 is 5.97 Å². The summed E-state index contributed by atoms with van der Waals surface area (Å²) in [6.07, 6.45) is 0. The van der Waals surface area contributed by atoms with Gasteiger partial charge in [-0.05, 0) is 17.7 Å². The molecule has 0 radical (unpaired) electrons. The van der Waals surface area contributed by atoms with Gasteiger partial charge in [-0.3, -0.25) is 4.79 Å². The molecule has 2 N–H and O–H groups in total. The van der Waals surface area contributed by atoms with Gasteiger partial charge in [-0.15, -0.1) is 0 Å². The zero-order chi connectivity index (χ0) is 12.4. The second-order valence-electron chi connectivity index (χ2n) is 4.10. The van der Waals surface area contributed by atoms with Crippen molar-refractivity contribution in [3.63, 3.8) is 0 Å². The molecule has 0 bridgehead atoms. The van der Waals surface area contributed by atoms with Gasteiger partial charge >= 0.3 is 5.97 Å². The summed E-state index contributed by atoms with van der Waals surface area (Å²) in [7, 11) is 1.55.